The van der Waals surface area contributed by atoms with Crippen molar-refractivity contribution < 1.29 is 19.4 Å². The topological polar surface area (TPSA) is 72.7 Å². The fourth-order valence-corrected chi connectivity index (χ4v) is 4.53. The number of hydrogen-bond donors (Lipinski definition) is 2. The number of carbonyl (C=O) groups is 1. The van der Waals surface area contributed by atoms with Crippen molar-refractivity contribution in [2.24, 2.45) is 0 Å². The number of aromatic nitrogens is 1. The van der Waals surface area contributed by atoms with Gasteiger partial charge in [-0.05, 0) is 64.1 Å². The Morgan fingerprint density at radius 2 is 1.78 bits per heavy atom. The Hall–Kier alpha value is -3.61. The van der Waals surface area contributed by atoms with Gasteiger partial charge in [-0.3, -0.25) is 4.79 Å². The van der Waals surface area contributed by atoms with E-state index in [1.54, 1.807) is 6.92 Å². The molecule has 1 atom stereocenters. The first-order valence-corrected chi connectivity index (χ1v) is 12.3. The SMILES string of the molecule is CCOc1ccccc1CNC[C@@H](O)COc1ccc2c(c1)c(C(C)=O)c(C)n2-c1ccc(C)cc1. The molecule has 6 nitrogen and oxygen atoms in total. The third-order valence-corrected chi connectivity index (χ3v) is 6.23. The minimum atomic E-state index is -0.689. The summed E-state index contributed by atoms with van der Waals surface area (Å²) in [5.41, 5.74) is 5.77. The predicted molar refractivity (Wildman–Crippen MR) is 144 cm³/mol. The largest absolute Gasteiger partial charge is 0.494 e. The van der Waals surface area contributed by atoms with Crippen LogP contribution in [-0.4, -0.2) is 41.3 Å². The Labute approximate surface area is 212 Å². The Morgan fingerprint density at radius 1 is 1.03 bits per heavy atom. The second kappa shape index (κ2) is 11.4. The van der Waals surface area contributed by atoms with Crippen LogP contribution in [0, 0.1) is 13.8 Å². The molecular weight excluding hydrogens is 452 g/mol. The van der Waals surface area contributed by atoms with Crippen LogP contribution in [0.1, 0.15) is 41.0 Å². The second-order valence-electron chi connectivity index (χ2n) is 9.00. The minimum absolute atomic E-state index is 0.0112. The van der Waals surface area contributed by atoms with E-state index in [-0.39, 0.29) is 12.4 Å². The molecule has 3 aromatic carbocycles. The van der Waals surface area contributed by atoms with E-state index in [1.807, 2.05) is 56.3 Å². The highest BCUT2D eigenvalue weighted by molar-refractivity contribution is 6.09. The van der Waals surface area contributed by atoms with E-state index in [9.17, 15) is 9.90 Å². The molecule has 0 saturated carbocycles. The molecule has 6 heteroatoms. The van der Waals surface area contributed by atoms with Gasteiger partial charge in [0.1, 0.15) is 24.2 Å². The lowest BCUT2D eigenvalue weighted by Gasteiger charge is -2.15. The van der Waals surface area contributed by atoms with Crippen molar-refractivity contribution in [3.8, 4) is 17.2 Å². The van der Waals surface area contributed by atoms with Crippen LogP contribution in [0.3, 0.4) is 0 Å². The van der Waals surface area contributed by atoms with Crippen molar-refractivity contribution in [3.05, 3.63) is 89.1 Å². The number of aryl methyl sites for hydroxylation is 1. The zero-order valence-electron chi connectivity index (χ0n) is 21.4. The summed E-state index contributed by atoms with van der Waals surface area (Å²) in [6.45, 7) is 9.29. The minimum Gasteiger partial charge on any atom is -0.494 e. The Morgan fingerprint density at radius 3 is 2.50 bits per heavy atom. The van der Waals surface area contributed by atoms with Crippen molar-refractivity contribution in [1.82, 2.24) is 9.88 Å². The molecule has 0 amide bonds. The highest BCUT2D eigenvalue weighted by atomic mass is 16.5. The average Bonchev–Trinajstić information content (AvgIpc) is 3.15. The van der Waals surface area contributed by atoms with Gasteiger partial charge < -0.3 is 24.5 Å². The van der Waals surface area contributed by atoms with Crippen LogP contribution in [0.15, 0.2) is 66.7 Å². The molecule has 1 aromatic heterocycles. The monoisotopic (exact) mass is 486 g/mol. The van der Waals surface area contributed by atoms with Gasteiger partial charge in [-0.1, -0.05) is 35.9 Å². The average molecular weight is 487 g/mol. The lowest BCUT2D eigenvalue weighted by Crippen LogP contribution is -2.31. The molecule has 0 aliphatic heterocycles. The van der Waals surface area contributed by atoms with Crippen molar-refractivity contribution in [2.75, 3.05) is 19.8 Å². The maximum absolute atomic E-state index is 12.5. The fourth-order valence-electron chi connectivity index (χ4n) is 4.53. The van der Waals surface area contributed by atoms with Gasteiger partial charge in [0.25, 0.3) is 0 Å². The molecule has 4 aromatic rings. The van der Waals surface area contributed by atoms with Gasteiger partial charge in [0.05, 0.1) is 12.1 Å². The molecule has 188 valence electrons. The summed E-state index contributed by atoms with van der Waals surface area (Å²) in [7, 11) is 0. The molecule has 0 saturated heterocycles. The molecule has 4 rings (SSSR count). The maximum atomic E-state index is 12.5. The summed E-state index contributed by atoms with van der Waals surface area (Å²) in [4.78, 5) is 12.5. The number of carbonyl (C=O) groups excluding carboxylic acids is 1. The predicted octanol–water partition coefficient (Wildman–Crippen LogP) is 5.38. The molecule has 0 radical (unpaired) electrons. The fraction of sp³-hybridized carbons (Fsp3) is 0.300. The molecule has 0 aliphatic carbocycles. The third-order valence-electron chi connectivity index (χ3n) is 6.23. The maximum Gasteiger partial charge on any atom is 0.162 e. The number of nitrogens with one attached hydrogen (secondary N) is 1. The molecule has 0 aliphatic rings. The quantitative estimate of drug-likeness (QED) is 0.279. The van der Waals surface area contributed by atoms with Gasteiger partial charge in [-0.15, -0.1) is 0 Å². The van der Waals surface area contributed by atoms with Crippen LogP contribution in [0.2, 0.25) is 0 Å². The van der Waals surface area contributed by atoms with Crippen molar-refractivity contribution in [2.45, 2.75) is 40.3 Å². The summed E-state index contributed by atoms with van der Waals surface area (Å²) in [6.07, 6.45) is -0.689. The number of para-hydroxylation sites is 1. The number of fused-ring (bicyclic) bond motifs is 1. The summed E-state index contributed by atoms with van der Waals surface area (Å²) in [6, 6.07) is 21.9. The number of Topliss-reactive ketones (excluding diaryl/α,β-unsaturated/α-hetero) is 1. The number of rotatable bonds is 11. The summed E-state index contributed by atoms with van der Waals surface area (Å²) < 4.78 is 13.7. The van der Waals surface area contributed by atoms with E-state index in [4.69, 9.17) is 9.47 Å². The van der Waals surface area contributed by atoms with E-state index in [0.29, 0.717) is 31.0 Å². The molecule has 0 fully saturated rings. The Kier molecular flexibility index (Phi) is 8.08. The third kappa shape index (κ3) is 5.61. The van der Waals surface area contributed by atoms with Gasteiger partial charge in [-0.25, -0.2) is 0 Å². The first-order valence-electron chi connectivity index (χ1n) is 12.3. The Bertz CT molecular complexity index is 1340. The van der Waals surface area contributed by atoms with Gasteiger partial charge in [0.15, 0.2) is 5.78 Å². The Balaban J connectivity index is 1.45. The highest BCUT2D eigenvalue weighted by Crippen LogP contribution is 2.32. The van der Waals surface area contributed by atoms with Crippen LogP contribution < -0.4 is 14.8 Å². The summed E-state index contributed by atoms with van der Waals surface area (Å²) in [5.74, 6) is 1.48. The van der Waals surface area contributed by atoms with Gasteiger partial charge in [0.2, 0.25) is 0 Å². The molecule has 0 spiro atoms. The van der Waals surface area contributed by atoms with Crippen molar-refractivity contribution in [1.29, 1.82) is 0 Å². The number of ether oxygens (including phenoxy) is 2. The van der Waals surface area contributed by atoms with Crippen LogP contribution in [0.4, 0.5) is 0 Å². The number of benzene rings is 3. The van der Waals surface area contributed by atoms with Gasteiger partial charge >= 0.3 is 0 Å². The first kappa shape index (κ1) is 25.5. The van der Waals surface area contributed by atoms with E-state index < -0.39 is 6.10 Å². The van der Waals surface area contributed by atoms with Crippen LogP contribution in [-0.2, 0) is 6.54 Å². The van der Waals surface area contributed by atoms with Crippen molar-refractivity contribution in [3.63, 3.8) is 0 Å². The van der Waals surface area contributed by atoms with Crippen molar-refractivity contribution >= 4 is 16.7 Å². The molecule has 2 N–H and O–H groups in total. The normalized spacial score (nSPS) is 12.0. The van der Waals surface area contributed by atoms with Gasteiger partial charge in [-0.2, -0.15) is 0 Å². The molecular formula is C30H34N2O4. The van der Waals surface area contributed by atoms with E-state index in [0.717, 1.165) is 33.6 Å². The summed E-state index contributed by atoms with van der Waals surface area (Å²) in [5, 5.41) is 14.6. The molecule has 0 bridgehead atoms. The smallest absolute Gasteiger partial charge is 0.162 e. The van der Waals surface area contributed by atoms with E-state index in [1.165, 1.54) is 5.56 Å². The summed E-state index contributed by atoms with van der Waals surface area (Å²) >= 11 is 0. The highest BCUT2D eigenvalue weighted by Gasteiger charge is 2.19. The number of hydrogen-bond acceptors (Lipinski definition) is 5. The lowest BCUT2D eigenvalue weighted by atomic mass is 10.1. The number of nitrogens with zero attached hydrogens (tertiary/aromatic N) is 1. The van der Waals surface area contributed by atoms with Gasteiger partial charge in [0, 0.05) is 41.0 Å². The molecule has 0 unspecified atom stereocenters. The lowest BCUT2D eigenvalue weighted by molar-refractivity contribution is 0.101. The van der Waals surface area contributed by atoms with E-state index >= 15 is 0 Å². The molecule has 1 heterocycles. The standard InChI is InChI=1S/C30H34N2O4/c1-5-35-29-9-7-6-8-23(29)17-31-18-25(34)19-36-26-14-15-28-27(16-26)30(22(4)33)21(3)32(28)24-12-10-20(2)11-13-24/h6-16,25,31,34H,5,17-19H2,1-4H3/t25-/m1/s1. The second-order valence-corrected chi connectivity index (χ2v) is 9.00. The van der Waals surface area contributed by atoms with Crippen LogP contribution >= 0.6 is 0 Å². The number of aliphatic hydroxyl groups is 1. The van der Waals surface area contributed by atoms with Crippen LogP contribution in [0.25, 0.3) is 16.6 Å². The first-order chi connectivity index (χ1) is 17.4. The van der Waals surface area contributed by atoms with E-state index in [2.05, 4.69) is 41.1 Å². The number of ketones is 1. The van der Waals surface area contributed by atoms with Crippen LogP contribution in [0.5, 0.6) is 11.5 Å². The molecule has 36 heavy (non-hydrogen) atoms. The zero-order valence-corrected chi connectivity index (χ0v) is 21.4. The zero-order chi connectivity index (χ0) is 25.7. The number of aliphatic hydroxyl groups excluding tert-OH is 1.